The fraction of sp³-hybridized carbons (Fsp3) is 0.429. The number of hydrogen-bond donors (Lipinski definition) is 1. The van der Waals surface area contributed by atoms with Gasteiger partial charge in [0.15, 0.2) is 5.78 Å². The SMILES string of the molecule is O=C1NC2(CCCOC2)C(=O)C1c1ccc(Cl)cc1Cl. The normalized spacial score (nSPS) is 29.8. The Balaban J connectivity index is 1.98. The molecule has 2 unspecified atom stereocenters. The summed E-state index contributed by atoms with van der Waals surface area (Å²) >= 11 is 12.0. The molecule has 0 saturated carbocycles. The number of Topliss-reactive ketones (excluding diaryl/α,β-unsaturated/α-hetero) is 1. The molecule has 106 valence electrons. The van der Waals surface area contributed by atoms with Crippen molar-refractivity contribution in [3.05, 3.63) is 33.8 Å². The van der Waals surface area contributed by atoms with E-state index in [1.165, 1.54) is 0 Å². The van der Waals surface area contributed by atoms with Gasteiger partial charge in [0.1, 0.15) is 11.5 Å². The van der Waals surface area contributed by atoms with Gasteiger partial charge in [-0.3, -0.25) is 9.59 Å². The number of carbonyl (C=O) groups excluding carboxylic acids is 2. The monoisotopic (exact) mass is 313 g/mol. The molecule has 3 rings (SSSR count). The summed E-state index contributed by atoms with van der Waals surface area (Å²) < 4.78 is 5.37. The molecule has 2 aliphatic rings. The quantitative estimate of drug-likeness (QED) is 0.810. The predicted molar refractivity (Wildman–Crippen MR) is 75.1 cm³/mol. The van der Waals surface area contributed by atoms with Crippen LogP contribution >= 0.6 is 23.2 Å². The van der Waals surface area contributed by atoms with Crippen molar-refractivity contribution in [2.75, 3.05) is 13.2 Å². The smallest absolute Gasteiger partial charge is 0.236 e. The van der Waals surface area contributed by atoms with E-state index in [9.17, 15) is 9.59 Å². The Bertz CT molecular complexity index is 582. The zero-order valence-electron chi connectivity index (χ0n) is 10.6. The van der Waals surface area contributed by atoms with Gasteiger partial charge in [-0.2, -0.15) is 0 Å². The lowest BCUT2D eigenvalue weighted by Gasteiger charge is -2.31. The van der Waals surface area contributed by atoms with Crippen molar-refractivity contribution in [2.24, 2.45) is 0 Å². The van der Waals surface area contributed by atoms with Crippen LogP contribution in [-0.4, -0.2) is 30.4 Å². The number of hydrogen-bond acceptors (Lipinski definition) is 3. The number of benzene rings is 1. The number of carbonyl (C=O) groups is 2. The number of nitrogens with one attached hydrogen (secondary N) is 1. The van der Waals surface area contributed by atoms with Crippen LogP contribution in [0.2, 0.25) is 10.0 Å². The second-order valence-electron chi connectivity index (χ2n) is 5.19. The molecule has 20 heavy (non-hydrogen) atoms. The average Bonchev–Trinajstić information content (AvgIpc) is 2.63. The predicted octanol–water partition coefficient (Wildman–Crippen LogP) is 2.33. The minimum absolute atomic E-state index is 0.161. The van der Waals surface area contributed by atoms with Gasteiger partial charge in [-0.25, -0.2) is 0 Å². The van der Waals surface area contributed by atoms with E-state index in [0.29, 0.717) is 28.6 Å². The van der Waals surface area contributed by atoms with Crippen LogP contribution < -0.4 is 5.32 Å². The minimum atomic E-state index is -0.886. The van der Waals surface area contributed by atoms with E-state index < -0.39 is 11.5 Å². The van der Waals surface area contributed by atoms with Crippen molar-refractivity contribution in [2.45, 2.75) is 24.3 Å². The van der Waals surface area contributed by atoms with E-state index in [1.54, 1.807) is 18.2 Å². The van der Waals surface area contributed by atoms with Gasteiger partial charge in [-0.05, 0) is 30.5 Å². The van der Waals surface area contributed by atoms with Crippen molar-refractivity contribution < 1.29 is 14.3 Å². The molecule has 2 saturated heterocycles. The highest BCUT2D eigenvalue weighted by atomic mass is 35.5. The first-order chi connectivity index (χ1) is 9.53. The summed E-state index contributed by atoms with van der Waals surface area (Å²) in [6.07, 6.45) is 1.37. The molecular formula is C14H13Cl2NO3. The Labute approximate surface area is 126 Å². The molecule has 1 amide bonds. The second kappa shape index (κ2) is 5.02. The third-order valence-electron chi connectivity index (χ3n) is 3.87. The topological polar surface area (TPSA) is 55.4 Å². The largest absolute Gasteiger partial charge is 0.379 e. The van der Waals surface area contributed by atoms with Crippen LogP contribution in [0.15, 0.2) is 18.2 Å². The number of amides is 1. The van der Waals surface area contributed by atoms with Gasteiger partial charge in [-0.15, -0.1) is 0 Å². The van der Waals surface area contributed by atoms with Gasteiger partial charge >= 0.3 is 0 Å². The van der Waals surface area contributed by atoms with Crippen LogP contribution in [0.1, 0.15) is 24.3 Å². The molecule has 2 heterocycles. The molecule has 4 nitrogen and oxygen atoms in total. The average molecular weight is 314 g/mol. The zero-order chi connectivity index (χ0) is 14.3. The number of ether oxygens (including phenoxy) is 1. The van der Waals surface area contributed by atoms with Crippen LogP contribution in [0.4, 0.5) is 0 Å². The molecule has 0 aromatic heterocycles. The van der Waals surface area contributed by atoms with Gasteiger partial charge in [0.25, 0.3) is 0 Å². The maximum atomic E-state index is 12.7. The summed E-state index contributed by atoms with van der Waals surface area (Å²) in [5, 5.41) is 3.61. The maximum Gasteiger partial charge on any atom is 0.236 e. The summed E-state index contributed by atoms with van der Waals surface area (Å²) in [5.41, 5.74) is -0.385. The summed E-state index contributed by atoms with van der Waals surface area (Å²) in [4.78, 5) is 24.9. The van der Waals surface area contributed by atoms with Gasteiger partial charge < -0.3 is 10.1 Å². The Morgan fingerprint density at radius 2 is 2.10 bits per heavy atom. The standard InChI is InChI=1S/C14H13Cl2NO3/c15-8-2-3-9(10(16)6-8)11-12(18)14(17-13(11)19)4-1-5-20-7-14/h2-3,6,11H,1,4-5,7H2,(H,17,19). The molecular weight excluding hydrogens is 301 g/mol. The van der Waals surface area contributed by atoms with E-state index >= 15 is 0 Å². The fourth-order valence-electron chi connectivity index (χ4n) is 2.87. The third-order valence-corrected chi connectivity index (χ3v) is 4.44. The zero-order valence-corrected chi connectivity index (χ0v) is 12.1. The Morgan fingerprint density at radius 3 is 2.75 bits per heavy atom. The molecule has 2 aliphatic heterocycles. The van der Waals surface area contributed by atoms with Crippen molar-refractivity contribution in [3.8, 4) is 0 Å². The molecule has 1 spiro atoms. The summed E-state index contributed by atoms with van der Waals surface area (Å²) in [5.74, 6) is -1.35. The first-order valence-corrected chi connectivity index (χ1v) is 7.18. The molecule has 2 fully saturated rings. The van der Waals surface area contributed by atoms with E-state index in [4.69, 9.17) is 27.9 Å². The van der Waals surface area contributed by atoms with E-state index in [-0.39, 0.29) is 18.3 Å². The van der Waals surface area contributed by atoms with Gasteiger partial charge in [-0.1, -0.05) is 29.3 Å². The highest BCUT2D eigenvalue weighted by Gasteiger charge is 2.54. The second-order valence-corrected chi connectivity index (χ2v) is 6.03. The van der Waals surface area contributed by atoms with Gasteiger partial charge in [0.2, 0.25) is 5.91 Å². The first-order valence-electron chi connectivity index (χ1n) is 6.42. The number of halogens is 2. The van der Waals surface area contributed by atoms with Gasteiger partial charge in [0.05, 0.1) is 6.61 Å². The molecule has 2 atom stereocenters. The summed E-state index contributed by atoms with van der Waals surface area (Å²) in [7, 11) is 0. The lowest BCUT2D eigenvalue weighted by molar-refractivity contribution is -0.128. The molecule has 0 bridgehead atoms. The van der Waals surface area contributed by atoms with Crippen molar-refractivity contribution in [3.63, 3.8) is 0 Å². The van der Waals surface area contributed by atoms with Crippen LogP contribution in [-0.2, 0) is 14.3 Å². The lowest BCUT2D eigenvalue weighted by atomic mass is 9.83. The van der Waals surface area contributed by atoms with Crippen molar-refractivity contribution in [1.29, 1.82) is 0 Å². The van der Waals surface area contributed by atoms with E-state index in [2.05, 4.69) is 5.32 Å². The first kappa shape index (κ1) is 13.9. The highest BCUT2D eigenvalue weighted by Crippen LogP contribution is 2.37. The lowest BCUT2D eigenvalue weighted by Crippen LogP contribution is -2.52. The minimum Gasteiger partial charge on any atom is -0.379 e. The van der Waals surface area contributed by atoms with Crippen LogP contribution in [0, 0.1) is 0 Å². The Morgan fingerprint density at radius 1 is 1.30 bits per heavy atom. The molecule has 0 aliphatic carbocycles. The summed E-state index contributed by atoms with van der Waals surface area (Å²) in [6.45, 7) is 0.858. The van der Waals surface area contributed by atoms with Crippen molar-refractivity contribution in [1.82, 2.24) is 5.32 Å². The number of ketones is 1. The van der Waals surface area contributed by atoms with Crippen LogP contribution in [0.3, 0.4) is 0 Å². The summed E-state index contributed by atoms with van der Waals surface area (Å²) in [6, 6.07) is 4.81. The molecule has 6 heteroatoms. The maximum absolute atomic E-state index is 12.7. The molecule has 0 radical (unpaired) electrons. The van der Waals surface area contributed by atoms with E-state index in [0.717, 1.165) is 6.42 Å². The molecule has 1 N–H and O–H groups in total. The Hall–Kier alpha value is -1.10. The Kier molecular flexibility index (Phi) is 3.48. The fourth-order valence-corrected chi connectivity index (χ4v) is 3.39. The molecule has 1 aromatic carbocycles. The van der Waals surface area contributed by atoms with E-state index in [1.807, 2.05) is 0 Å². The van der Waals surface area contributed by atoms with Crippen LogP contribution in [0.25, 0.3) is 0 Å². The van der Waals surface area contributed by atoms with Crippen LogP contribution in [0.5, 0.6) is 0 Å². The van der Waals surface area contributed by atoms with Crippen molar-refractivity contribution >= 4 is 34.9 Å². The third kappa shape index (κ3) is 2.12. The van der Waals surface area contributed by atoms with Gasteiger partial charge in [0, 0.05) is 16.7 Å². The number of rotatable bonds is 1. The molecule has 1 aromatic rings. The highest BCUT2D eigenvalue weighted by molar-refractivity contribution is 6.36.